The average molecular weight is 561 g/mol. The molecule has 2 aromatic carbocycles. The van der Waals surface area contributed by atoms with Crippen molar-refractivity contribution in [3.8, 4) is 6.01 Å². The van der Waals surface area contributed by atoms with Crippen molar-refractivity contribution >= 4 is 45.0 Å². The molecule has 0 radical (unpaired) electrons. The van der Waals surface area contributed by atoms with Gasteiger partial charge < -0.3 is 25.2 Å². The number of likely N-dealkylation sites (tertiary alicyclic amines) is 1. The van der Waals surface area contributed by atoms with Crippen LogP contribution in [0.4, 0.5) is 15.8 Å². The van der Waals surface area contributed by atoms with E-state index in [0.717, 1.165) is 18.8 Å². The lowest BCUT2D eigenvalue weighted by atomic mass is 10.0. The van der Waals surface area contributed by atoms with E-state index in [0.29, 0.717) is 40.5 Å². The van der Waals surface area contributed by atoms with Gasteiger partial charge in [-0.3, -0.25) is 14.3 Å². The largest absolute Gasteiger partial charge is 0.463 e. The van der Waals surface area contributed by atoms with Crippen LogP contribution >= 0.6 is 0 Å². The van der Waals surface area contributed by atoms with Gasteiger partial charge in [-0.1, -0.05) is 0 Å². The summed E-state index contributed by atoms with van der Waals surface area (Å²) in [4.78, 5) is 39.0. The Bertz CT molecular complexity index is 1650. The average Bonchev–Trinajstić information content (AvgIpc) is 3.46. The van der Waals surface area contributed by atoms with Crippen LogP contribution in [-0.2, 0) is 11.8 Å². The van der Waals surface area contributed by atoms with E-state index in [1.165, 1.54) is 10.7 Å². The molecule has 0 spiro atoms. The van der Waals surface area contributed by atoms with E-state index in [-0.39, 0.29) is 42.0 Å². The second-order valence-corrected chi connectivity index (χ2v) is 11.1. The lowest BCUT2D eigenvalue weighted by Gasteiger charge is -2.38. The first-order valence-corrected chi connectivity index (χ1v) is 13.8. The number of piperazine rings is 1. The quantitative estimate of drug-likeness (QED) is 0.370. The number of amides is 2. The fourth-order valence-corrected chi connectivity index (χ4v) is 5.85. The number of hydrogen-bond acceptors (Lipinski definition) is 8. The molecule has 3 unspecified atom stereocenters. The zero-order valence-corrected chi connectivity index (χ0v) is 23.5. The van der Waals surface area contributed by atoms with Gasteiger partial charge in [-0.25, -0.2) is 9.37 Å². The van der Waals surface area contributed by atoms with Gasteiger partial charge >= 0.3 is 6.01 Å². The predicted octanol–water partition coefficient (Wildman–Crippen LogP) is 2.95. The Hall–Kier alpha value is -4.32. The Balaban J connectivity index is 1.35. The first-order valence-electron chi connectivity index (χ1n) is 13.8. The van der Waals surface area contributed by atoms with Crippen molar-refractivity contribution in [3.63, 3.8) is 0 Å². The maximum absolute atomic E-state index is 14.7. The molecule has 2 fully saturated rings. The molecule has 12 heteroatoms. The minimum Gasteiger partial charge on any atom is -0.463 e. The Kier molecular flexibility index (Phi) is 6.94. The molecule has 0 bridgehead atoms. The van der Waals surface area contributed by atoms with Crippen LogP contribution in [0.3, 0.4) is 0 Å². The van der Waals surface area contributed by atoms with Crippen molar-refractivity contribution in [1.82, 2.24) is 30.0 Å². The number of rotatable bonds is 6. The smallest absolute Gasteiger partial charge is 0.316 e. The lowest BCUT2D eigenvalue weighted by Crippen LogP contribution is -2.54. The summed E-state index contributed by atoms with van der Waals surface area (Å²) < 4.78 is 22.1. The molecular weight excluding hydrogens is 527 g/mol. The molecule has 41 heavy (non-hydrogen) atoms. The van der Waals surface area contributed by atoms with Crippen LogP contribution in [0.25, 0.3) is 21.8 Å². The van der Waals surface area contributed by atoms with E-state index in [9.17, 15) is 14.0 Å². The number of carbonyl (C=O) groups is 2. The summed E-state index contributed by atoms with van der Waals surface area (Å²) in [6, 6.07) is 7.23. The molecule has 4 aromatic rings. The topological polar surface area (TPSA) is 118 Å². The summed E-state index contributed by atoms with van der Waals surface area (Å²) in [5.74, 6) is -1.18. The Labute approximate surface area is 236 Å². The van der Waals surface area contributed by atoms with Gasteiger partial charge in [-0.2, -0.15) is 10.1 Å². The van der Waals surface area contributed by atoms with Gasteiger partial charge in [-0.05, 0) is 44.5 Å². The molecule has 4 heterocycles. The molecule has 214 valence electrons. The standard InChI is InChI=1S/C29H33FN8O3/c1-16-12-38(13-17(2)32-16)24-6-5-21(27(39)33-20-9-19-14-37(4)35-25(19)23(30)10-20)26-22(24)11-31-29(34-26)41-15-18-7-8-36(3)28(18)40/h5-6,9-11,14,16-18,32H,7-8,12-13,15H2,1-4H3,(H,33,39). The van der Waals surface area contributed by atoms with Gasteiger partial charge in [0.2, 0.25) is 5.91 Å². The van der Waals surface area contributed by atoms with Crippen LogP contribution in [0.1, 0.15) is 30.6 Å². The summed E-state index contributed by atoms with van der Waals surface area (Å²) in [5.41, 5.74) is 2.18. The highest BCUT2D eigenvalue weighted by molar-refractivity contribution is 6.14. The highest BCUT2D eigenvalue weighted by Crippen LogP contribution is 2.32. The number of carbonyl (C=O) groups excluding carboxylic acids is 2. The summed E-state index contributed by atoms with van der Waals surface area (Å²) in [7, 11) is 3.49. The van der Waals surface area contributed by atoms with E-state index in [1.807, 2.05) is 6.07 Å². The monoisotopic (exact) mass is 560 g/mol. The molecule has 2 aromatic heterocycles. The molecule has 2 aliphatic rings. The van der Waals surface area contributed by atoms with Gasteiger partial charge in [0.1, 0.15) is 12.1 Å². The third-order valence-electron chi connectivity index (χ3n) is 7.73. The molecular formula is C29H33FN8O3. The minimum absolute atomic E-state index is 0.0351. The van der Waals surface area contributed by atoms with E-state index < -0.39 is 11.7 Å². The number of nitrogens with one attached hydrogen (secondary N) is 2. The second-order valence-electron chi connectivity index (χ2n) is 11.1. The van der Waals surface area contributed by atoms with Crippen molar-refractivity contribution < 1.29 is 18.7 Å². The Morgan fingerprint density at radius 3 is 2.68 bits per heavy atom. The molecule has 11 nitrogen and oxygen atoms in total. The van der Waals surface area contributed by atoms with Crippen LogP contribution in [0.2, 0.25) is 0 Å². The molecule has 2 aliphatic heterocycles. The van der Waals surface area contributed by atoms with E-state index in [1.54, 1.807) is 43.5 Å². The van der Waals surface area contributed by atoms with E-state index in [4.69, 9.17) is 4.74 Å². The lowest BCUT2D eigenvalue weighted by molar-refractivity contribution is -0.130. The number of anilines is 2. The Morgan fingerprint density at radius 2 is 1.95 bits per heavy atom. The molecule has 0 saturated carbocycles. The number of ether oxygens (including phenoxy) is 1. The maximum Gasteiger partial charge on any atom is 0.316 e. The fourth-order valence-electron chi connectivity index (χ4n) is 5.85. The molecule has 3 atom stereocenters. The van der Waals surface area contributed by atoms with E-state index >= 15 is 0 Å². The van der Waals surface area contributed by atoms with Crippen LogP contribution in [0.5, 0.6) is 6.01 Å². The number of benzene rings is 2. The highest BCUT2D eigenvalue weighted by Gasteiger charge is 2.30. The number of aryl methyl sites for hydroxylation is 1. The fraction of sp³-hybridized carbons (Fsp3) is 0.414. The number of nitrogens with zero attached hydrogens (tertiary/aromatic N) is 6. The van der Waals surface area contributed by atoms with Gasteiger partial charge in [0.25, 0.3) is 5.91 Å². The van der Waals surface area contributed by atoms with Gasteiger partial charge in [0.05, 0.1) is 17.0 Å². The van der Waals surface area contributed by atoms with Gasteiger partial charge in [0.15, 0.2) is 5.82 Å². The van der Waals surface area contributed by atoms with Crippen molar-refractivity contribution in [2.75, 3.05) is 43.5 Å². The summed E-state index contributed by atoms with van der Waals surface area (Å²) >= 11 is 0. The molecule has 0 aliphatic carbocycles. The zero-order chi connectivity index (χ0) is 28.8. The molecule has 6 rings (SSSR count). The number of halogens is 1. The highest BCUT2D eigenvalue weighted by atomic mass is 19.1. The first kappa shape index (κ1) is 26.9. The van der Waals surface area contributed by atoms with Gasteiger partial charge in [0, 0.05) is 80.4 Å². The minimum atomic E-state index is -0.523. The Morgan fingerprint density at radius 1 is 1.17 bits per heavy atom. The summed E-state index contributed by atoms with van der Waals surface area (Å²) in [6.45, 7) is 6.68. The van der Waals surface area contributed by atoms with Crippen LogP contribution in [0, 0.1) is 11.7 Å². The summed E-state index contributed by atoms with van der Waals surface area (Å²) in [5, 5.41) is 11.8. The normalized spacial score (nSPS) is 21.2. The van der Waals surface area contributed by atoms with Crippen molar-refractivity contribution in [2.45, 2.75) is 32.4 Å². The summed E-state index contributed by atoms with van der Waals surface area (Å²) in [6.07, 6.45) is 4.07. The third-order valence-corrected chi connectivity index (χ3v) is 7.73. The SMILES string of the molecule is CC1CN(c2ccc(C(=O)Nc3cc(F)c4nn(C)cc4c3)c3nc(OCC4CCN(C)C4=O)ncc23)CC(C)N1. The maximum atomic E-state index is 14.7. The van der Waals surface area contributed by atoms with Crippen molar-refractivity contribution in [1.29, 1.82) is 0 Å². The first-order chi connectivity index (χ1) is 19.7. The third kappa shape index (κ3) is 5.26. The second kappa shape index (κ2) is 10.6. The number of hydrogen-bond donors (Lipinski definition) is 2. The zero-order valence-electron chi connectivity index (χ0n) is 23.5. The molecule has 2 amide bonds. The number of fused-ring (bicyclic) bond motifs is 2. The van der Waals surface area contributed by atoms with Crippen molar-refractivity contribution in [2.24, 2.45) is 13.0 Å². The molecule has 2 saturated heterocycles. The van der Waals surface area contributed by atoms with Crippen LogP contribution < -0.4 is 20.3 Å². The van der Waals surface area contributed by atoms with Crippen molar-refractivity contribution in [3.05, 3.63) is 48.0 Å². The van der Waals surface area contributed by atoms with Crippen LogP contribution in [0.15, 0.2) is 36.7 Å². The predicted molar refractivity (Wildman–Crippen MR) is 154 cm³/mol. The van der Waals surface area contributed by atoms with Crippen LogP contribution in [-0.4, -0.2) is 81.8 Å². The molecule has 2 N–H and O–H groups in total. The van der Waals surface area contributed by atoms with Gasteiger partial charge in [-0.15, -0.1) is 0 Å². The number of aromatic nitrogens is 4. The van der Waals surface area contributed by atoms with E-state index in [2.05, 4.69) is 44.4 Å².